The molecular weight excluding hydrogens is 252 g/mol. The van der Waals surface area contributed by atoms with Crippen LogP contribution < -0.4 is 5.32 Å². The molecule has 4 nitrogen and oxygen atoms in total. The molecule has 0 aromatic carbocycles. The van der Waals surface area contributed by atoms with Crippen LogP contribution in [0.2, 0.25) is 0 Å². The smallest absolute Gasteiger partial charge is 0.241 e. The number of ether oxygens (including phenoxy) is 1. The van der Waals surface area contributed by atoms with Gasteiger partial charge < -0.3 is 9.64 Å². The maximum atomic E-state index is 12.5. The molecule has 1 amide bonds. The Morgan fingerprint density at radius 3 is 2.60 bits per heavy atom. The Balaban J connectivity index is 2.49. The number of hydrogen-bond donors (Lipinski definition) is 1. The number of rotatable bonds is 10. The summed E-state index contributed by atoms with van der Waals surface area (Å²) in [6, 6.07) is -0.00723. The van der Waals surface area contributed by atoms with E-state index >= 15 is 0 Å². The van der Waals surface area contributed by atoms with Crippen LogP contribution in [-0.4, -0.2) is 42.8 Å². The Hall–Kier alpha value is -0.610. The molecule has 3 atom stereocenters. The molecule has 20 heavy (non-hydrogen) atoms. The lowest BCUT2D eigenvalue weighted by molar-refractivity contribution is -0.131. The quantitative estimate of drug-likeness (QED) is 0.627. The zero-order valence-electron chi connectivity index (χ0n) is 13.7. The average molecular weight is 284 g/mol. The number of nitrogens with zero attached hydrogens (tertiary/aromatic N) is 1. The molecule has 1 saturated heterocycles. The Morgan fingerprint density at radius 1 is 1.25 bits per heavy atom. The van der Waals surface area contributed by atoms with Gasteiger partial charge in [0.15, 0.2) is 0 Å². The van der Waals surface area contributed by atoms with Crippen molar-refractivity contribution in [2.75, 3.05) is 19.8 Å². The topological polar surface area (TPSA) is 41.6 Å². The van der Waals surface area contributed by atoms with Crippen LogP contribution in [-0.2, 0) is 9.53 Å². The van der Waals surface area contributed by atoms with Crippen LogP contribution in [0.3, 0.4) is 0 Å². The van der Waals surface area contributed by atoms with Crippen LogP contribution in [0, 0.1) is 5.92 Å². The van der Waals surface area contributed by atoms with Gasteiger partial charge in [-0.15, -0.1) is 0 Å². The van der Waals surface area contributed by atoms with Gasteiger partial charge in [-0.2, -0.15) is 0 Å². The van der Waals surface area contributed by atoms with Crippen molar-refractivity contribution in [1.29, 1.82) is 0 Å². The fourth-order valence-electron chi connectivity index (χ4n) is 2.63. The summed E-state index contributed by atoms with van der Waals surface area (Å²) in [6.45, 7) is 10.8. The standard InChI is InChI=1S/C16H32N2O2/c1-5-8-11-20-12-10-18-14(9-6-2)17-15(16(18)19)13(4)7-3/h13-15,17H,5-12H2,1-4H3. The second kappa shape index (κ2) is 9.35. The van der Waals surface area contributed by atoms with Crippen molar-refractivity contribution in [2.45, 2.75) is 72.0 Å². The first-order chi connectivity index (χ1) is 9.65. The Bertz CT molecular complexity index is 284. The third kappa shape index (κ3) is 4.74. The van der Waals surface area contributed by atoms with E-state index in [1.165, 1.54) is 0 Å². The minimum absolute atomic E-state index is 0.00723. The van der Waals surface area contributed by atoms with Gasteiger partial charge in [-0.3, -0.25) is 10.1 Å². The van der Waals surface area contributed by atoms with E-state index in [1.807, 2.05) is 4.90 Å². The normalized spacial score (nSPS) is 24.4. The van der Waals surface area contributed by atoms with E-state index < -0.39 is 0 Å². The van der Waals surface area contributed by atoms with E-state index in [9.17, 15) is 4.79 Å². The molecule has 1 aliphatic rings. The Kier molecular flexibility index (Phi) is 8.15. The second-order valence-corrected chi connectivity index (χ2v) is 5.83. The number of amides is 1. The van der Waals surface area contributed by atoms with Gasteiger partial charge in [0.2, 0.25) is 5.91 Å². The van der Waals surface area contributed by atoms with Crippen molar-refractivity contribution in [3.63, 3.8) is 0 Å². The zero-order valence-corrected chi connectivity index (χ0v) is 13.7. The lowest BCUT2D eigenvalue weighted by atomic mass is 9.99. The molecule has 1 heterocycles. The molecule has 0 radical (unpaired) electrons. The predicted molar refractivity (Wildman–Crippen MR) is 82.5 cm³/mol. The molecule has 1 aliphatic heterocycles. The maximum Gasteiger partial charge on any atom is 0.241 e. The lowest BCUT2D eigenvalue weighted by Gasteiger charge is -2.23. The fraction of sp³-hybridized carbons (Fsp3) is 0.938. The number of carbonyl (C=O) groups excluding carboxylic acids is 1. The minimum atomic E-state index is -0.00723. The second-order valence-electron chi connectivity index (χ2n) is 5.83. The Morgan fingerprint density at radius 2 is 2.00 bits per heavy atom. The van der Waals surface area contributed by atoms with Crippen molar-refractivity contribution in [1.82, 2.24) is 10.2 Å². The van der Waals surface area contributed by atoms with Gasteiger partial charge in [-0.05, 0) is 18.8 Å². The maximum absolute atomic E-state index is 12.5. The molecule has 0 bridgehead atoms. The van der Waals surface area contributed by atoms with Gasteiger partial charge in [0.05, 0.1) is 18.8 Å². The predicted octanol–water partition coefficient (Wildman–Crippen LogP) is 2.78. The monoisotopic (exact) mass is 284 g/mol. The highest BCUT2D eigenvalue weighted by atomic mass is 16.5. The number of carbonyl (C=O) groups is 1. The van der Waals surface area contributed by atoms with Crippen molar-refractivity contribution in [3.8, 4) is 0 Å². The molecule has 1 N–H and O–H groups in total. The summed E-state index contributed by atoms with van der Waals surface area (Å²) >= 11 is 0. The molecule has 118 valence electrons. The molecule has 0 spiro atoms. The zero-order chi connectivity index (χ0) is 15.0. The molecule has 1 rings (SSSR count). The van der Waals surface area contributed by atoms with E-state index in [0.29, 0.717) is 19.1 Å². The number of hydrogen-bond acceptors (Lipinski definition) is 3. The third-order valence-electron chi connectivity index (χ3n) is 4.19. The van der Waals surface area contributed by atoms with Crippen LogP contribution in [0.4, 0.5) is 0 Å². The lowest BCUT2D eigenvalue weighted by Crippen LogP contribution is -2.39. The summed E-state index contributed by atoms with van der Waals surface area (Å²) < 4.78 is 5.61. The average Bonchev–Trinajstić information content (AvgIpc) is 2.75. The third-order valence-corrected chi connectivity index (χ3v) is 4.19. The molecule has 0 aromatic heterocycles. The number of unbranched alkanes of at least 4 members (excludes halogenated alkanes) is 1. The van der Waals surface area contributed by atoms with Crippen LogP contribution >= 0.6 is 0 Å². The summed E-state index contributed by atoms with van der Waals surface area (Å²) in [5, 5.41) is 3.52. The highest BCUT2D eigenvalue weighted by Gasteiger charge is 2.39. The summed E-state index contributed by atoms with van der Waals surface area (Å²) in [5.41, 5.74) is 0. The van der Waals surface area contributed by atoms with Gasteiger partial charge >= 0.3 is 0 Å². The van der Waals surface area contributed by atoms with Crippen LogP contribution in [0.5, 0.6) is 0 Å². The van der Waals surface area contributed by atoms with E-state index in [-0.39, 0.29) is 18.1 Å². The first-order valence-corrected chi connectivity index (χ1v) is 8.29. The first kappa shape index (κ1) is 17.4. The van der Waals surface area contributed by atoms with Gasteiger partial charge in [-0.1, -0.05) is 47.0 Å². The number of nitrogens with one attached hydrogen (secondary N) is 1. The summed E-state index contributed by atoms with van der Waals surface area (Å²) in [5.74, 6) is 0.657. The van der Waals surface area contributed by atoms with E-state index in [0.717, 1.165) is 38.7 Å². The van der Waals surface area contributed by atoms with Gasteiger partial charge in [0.25, 0.3) is 0 Å². The first-order valence-electron chi connectivity index (χ1n) is 8.29. The summed E-state index contributed by atoms with van der Waals surface area (Å²) in [7, 11) is 0. The molecule has 3 unspecified atom stereocenters. The van der Waals surface area contributed by atoms with Crippen LogP contribution in [0.1, 0.15) is 59.8 Å². The highest BCUT2D eigenvalue weighted by Crippen LogP contribution is 2.21. The van der Waals surface area contributed by atoms with Gasteiger partial charge in [-0.25, -0.2) is 0 Å². The van der Waals surface area contributed by atoms with Crippen molar-refractivity contribution < 1.29 is 9.53 Å². The fourth-order valence-corrected chi connectivity index (χ4v) is 2.63. The molecule has 1 fully saturated rings. The minimum Gasteiger partial charge on any atom is -0.380 e. The van der Waals surface area contributed by atoms with Crippen LogP contribution in [0.25, 0.3) is 0 Å². The highest BCUT2D eigenvalue weighted by molar-refractivity contribution is 5.84. The molecule has 0 aromatic rings. The van der Waals surface area contributed by atoms with Crippen molar-refractivity contribution in [2.24, 2.45) is 5.92 Å². The van der Waals surface area contributed by atoms with Crippen molar-refractivity contribution >= 4 is 5.91 Å². The van der Waals surface area contributed by atoms with E-state index in [2.05, 4.69) is 33.0 Å². The SMILES string of the molecule is CCCCOCCN1C(=O)C(C(C)CC)NC1CCC. The van der Waals surface area contributed by atoms with Crippen molar-refractivity contribution in [3.05, 3.63) is 0 Å². The largest absolute Gasteiger partial charge is 0.380 e. The van der Waals surface area contributed by atoms with E-state index in [1.54, 1.807) is 0 Å². The van der Waals surface area contributed by atoms with Crippen LogP contribution in [0.15, 0.2) is 0 Å². The summed E-state index contributed by atoms with van der Waals surface area (Å²) in [6.07, 6.45) is 5.59. The van der Waals surface area contributed by atoms with Gasteiger partial charge in [0.1, 0.15) is 0 Å². The Labute approximate surface area is 124 Å². The molecule has 0 aliphatic carbocycles. The molecule has 0 saturated carbocycles. The summed E-state index contributed by atoms with van der Waals surface area (Å²) in [4.78, 5) is 14.5. The molecular formula is C16H32N2O2. The van der Waals surface area contributed by atoms with Gasteiger partial charge in [0, 0.05) is 13.2 Å². The van der Waals surface area contributed by atoms with E-state index in [4.69, 9.17) is 4.74 Å². The molecule has 4 heteroatoms.